The summed E-state index contributed by atoms with van der Waals surface area (Å²) in [5, 5.41) is 0. The molecule has 0 atom stereocenters. The van der Waals surface area contributed by atoms with Crippen LogP contribution in [0, 0.1) is 0 Å². The number of hydrogen-bond acceptors (Lipinski definition) is 0. The molecule has 0 fully saturated rings. The van der Waals surface area contributed by atoms with Gasteiger partial charge in [-0.2, -0.15) is 0 Å². The Morgan fingerprint density at radius 1 is 0.412 bits per heavy atom. The van der Waals surface area contributed by atoms with Crippen LogP contribution in [0.4, 0.5) is 0 Å². The summed E-state index contributed by atoms with van der Waals surface area (Å²) in [6.45, 7) is 4.57. The molecule has 0 aromatic heterocycles. The van der Waals surface area contributed by atoms with Gasteiger partial charge < -0.3 is 0 Å². The molecule has 0 radical (unpaired) electrons. The van der Waals surface area contributed by atoms with Crippen molar-refractivity contribution in [3.63, 3.8) is 0 Å². The summed E-state index contributed by atoms with van der Waals surface area (Å²) in [7, 11) is 0. The van der Waals surface area contributed by atoms with E-state index in [0.29, 0.717) is 0 Å². The van der Waals surface area contributed by atoms with Crippen molar-refractivity contribution in [2.24, 2.45) is 0 Å². The standard InChI is InChI=1S/C34H50/c1-3-5-7-9-11-12-14-16-20-32-25-29-34(30-26-32)22-18-17-21-33-27-23-31(24-28-33)19-15-13-10-8-6-4-2/h17-18,21-30H,3-16,19-20H2,1-2H3. The van der Waals surface area contributed by atoms with Gasteiger partial charge in [0.2, 0.25) is 0 Å². The quantitative estimate of drug-likeness (QED) is 0.145. The molecule has 0 unspecified atom stereocenters. The fraction of sp³-hybridized carbons (Fsp3) is 0.529. The summed E-state index contributed by atoms with van der Waals surface area (Å²) in [5.41, 5.74) is 5.49. The Kier molecular flexibility index (Phi) is 15.9. The lowest BCUT2D eigenvalue weighted by Gasteiger charge is -2.03. The van der Waals surface area contributed by atoms with Gasteiger partial charge in [-0.25, -0.2) is 0 Å². The van der Waals surface area contributed by atoms with Gasteiger partial charge in [-0.15, -0.1) is 0 Å². The molecule has 0 aliphatic carbocycles. The van der Waals surface area contributed by atoms with Gasteiger partial charge in [0.25, 0.3) is 0 Å². The minimum absolute atomic E-state index is 1.21. The second-order valence-electron chi connectivity index (χ2n) is 9.94. The molecule has 0 spiro atoms. The summed E-state index contributed by atoms with van der Waals surface area (Å²) in [6.07, 6.45) is 30.4. The fourth-order valence-electron chi connectivity index (χ4n) is 4.50. The van der Waals surface area contributed by atoms with Crippen LogP contribution >= 0.6 is 0 Å². The average Bonchev–Trinajstić information content (AvgIpc) is 2.87. The third kappa shape index (κ3) is 13.6. The zero-order valence-corrected chi connectivity index (χ0v) is 22.2. The van der Waals surface area contributed by atoms with Gasteiger partial charge in [0.05, 0.1) is 0 Å². The number of benzene rings is 2. The summed E-state index contributed by atoms with van der Waals surface area (Å²) in [4.78, 5) is 0. The lowest BCUT2D eigenvalue weighted by Crippen LogP contribution is -1.87. The first-order valence-corrected chi connectivity index (χ1v) is 14.3. The number of hydrogen-bond donors (Lipinski definition) is 0. The second-order valence-corrected chi connectivity index (χ2v) is 9.94. The second kappa shape index (κ2) is 19.2. The highest BCUT2D eigenvalue weighted by Crippen LogP contribution is 2.14. The average molecular weight is 459 g/mol. The predicted octanol–water partition coefficient (Wildman–Crippen LogP) is 11.0. The van der Waals surface area contributed by atoms with E-state index in [1.165, 1.54) is 125 Å². The third-order valence-electron chi connectivity index (χ3n) is 6.79. The van der Waals surface area contributed by atoms with E-state index in [9.17, 15) is 0 Å². The first-order chi connectivity index (χ1) is 16.8. The molecule has 0 saturated carbocycles. The van der Waals surface area contributed by atoms with Crippen LogP contribution in [0.5, 0.6) is 0 Å². The Balaban J connectivity index is 1.61. The summed E-state index contributed by atoms with van der Waals surface area (Å²) in [6, 6.07) is 18.2. The van der Waals surface area contributed by atoms with E-state index in [0.717, 1.165) is 0 Å². The normalized spacial score (nSPS) is 11.7. The molecule has 0 aliphatic rings. The highest BCUT2D eigenvalue weighted by molar-refractivity contribution is 5.57. The van der Waals surface area contributed by atoms with Gasteiger partial charge in [-0.05, 0) is 47.9 Å². The fourth-order valence-corrected chi connectivity index (χ4v) is 4.50. The first kappa shape index (κ1) is 28.2. The van der Waals surface area contributed by atoms with Crippen LogP contribution in [0.2, 0.25) is 0 Å². The maximum atomic E-state index is 2.30. The molecule has 2 aromatic rings. The van der Waals surface area contributed by atoms with E-state index in [4.69, 9.17) is 0 Å². The van der Waals surface area contributed by atoms with Crippen molar-refractivity contribution in [2.75, 3.05) is 0 Å². The van der Waals surface area contributed by atoms with E-state index in [1.54, 1.807) is 0 Å². The summed E-state index contributed by atoms with van der Waals surface area (Å²) >= 11 is 0. The van der Waals surface area contributed by atoms with Crippen molar-refractivity contribution in [1.29, 1.82) is 0 Å². The van der Waals surface area contributed by atoms with Gasteiger partial charge in [0.1, 0.15) is 0 Å². The number of unbranched alkanes of at least 4 members (excludes halogenated alkanes) is 12. The number of allylic oxidation sites excluding steroid dienone is 2. The van der Waals surface area contributed by atoms with Gasteiger partial charge in [0.15, 0.2) is 0 Å². The SMILES string of the molecule is CCCCCCCCCCc1ccc(C=CC=Cc2ccc(CCCCCCCC)cc2)cc1. The minimum Gasteiger partial charge on any atom is -0.0654 e. The monoisotopic (exact) mass is 458 g/mol. The number of rotatable bonds is 19. The van der Waals surface area contributed by atoms with Crippen molar-refractivity contribution in [3.05, 3.63) is 82.9 Å². The smallest absolute Gasteiger partial charge is 0.0256 e. The molecule has 2 aromatic carbocycles. The van der Waals surface area contributed by atoms with Gasteiger partial charge in [-0.1, -0.05) is 164 Å². The summed E-state index contributed by atoms with van der Waals surface area (Å²) < 4.78 is 0. The van der Waals surface area contributed by atoms with E-state index in [-0.39, 0.29) is 0 Å². The Morgan fingerprint density at radius 3 is 1.09 bits per heavy atom. The molecule has 0 N–H and O–H groups in total. The molecule has 0 amide bonds. The molecule has 2 rings (SSSR count). The van der Waals surface area contributed by atoms with E-state index in [2.05, 4.69) is 86.7 Å². The van der Waals surface area contributed by atoms with Gasteiger partial charge in [-0.3, -0.25) is 0 Å². The molecule has 0 nitrogen and oxygen atoms in total. The highest BCUT2D eigenvalue weighted by atomic mass is 14.0. The molecule has 0 bridgehead atoms. The molecule has 0 heterocycles. The lowest BCUT2D eigenvalue weighted by molar-refractivity contribution is 0.575. The Hall–Kier alpha value is -2.08. The molecular formula is C34H50. The Morgan fingerprint density at radius 2 is 0.735 bits per heavy atom. The van der Waals surface area contributed by atoms with Crippen LogP contribution in [0.15, 0.2) is 60.7 Å². The molecular weight excluding hydrogens is 408 g/mol. The van der Waals surface area contributed by atoms with Crippen molar-refractivity contribution < 1.29 is 0 Å². The van der Waals surface area contributed by atoms with Gasteiger partial charge in [0, 0.05) is 0 Å². The predicted molar refractivity (Wildman–Crippen MR) is 154 cm³/mol. The molecule has 0 aliphatic heterocycles. The highest BCUT2D eigenvalue weighted by Gasteiger charge is 1.96. The van der Waals surface area contributed by atoms with Crippen LogP contribution in [0.3, 0.4) is 0 Å². The molecule has 34 heavy (non-hydrogen) atoms. The van der Waals surface area contributed by atoms with Crippen molar-refractivity contribution in [3.8, 4) is 0 Å². The number of aryl methyl sites for hydroxylation is 2. The van der Waals surface area contributed by atoms with E-state index in [1.807, 2.05) is 0 Å². The van der Waals surface area contributed by atoms with Crippen LogP contribution in [0.25, 0.3) is 12.2 Å². The third-order valence-corrected chi connectivity index (χ3v) is 6.79. The van der Waals surface area contributed by atoms with Crippen molar-refractivity contribution >= 4 is 12.2 Å². The topological polar surface area (TPSA) is 0 Å². The maximum Gasteiger partial charge on any atom is -0.0256 e. The lowest BCUT2D eigenvalue weighted by atomic mass is 10.0. The first-order valence-electron chi connectivity index (χ1n) is 14.3. The minimum atomic E-state index is 1.21. The van der Waals surface area contributed by atoms with Crippen LogP contribution in [-0.2, 0) is 12.8 Å². The Labute approximate surface area is 211 Å². The van der Waals surface area contributed by atoms with E-state index >= 15 is 0 Å². The van der Waals surface area contributed by atoms with E-state index < -0.39 is 0 Å². The molecule has 0 saturated heterocycles. The zero-order valence-electron chi connectivity index (χ0n) is 22.2. The van der Waals surface area contributed by atoms with Gasteiger partial charge >= 0.3 is 0 Å². The van der Waals surface area contributed by atoms with Crippen LogP contribution in [0.1, 0.15) is 126 Å². The van der Waals surface area contributed by atoms with Crippen LogP contribution < -0.4 is 0 Å². The van der Waals surface area contributed by atoms with Crippen LogP contribution in [-0.4, -0.2) is 0 Å². The van der Waals surface area contributed by atoms with Crippen molar-refractivity contribution in [1.82, 2.24) is 0 Å². The van der Waals surface area contributed by atoms with Crippen molar-refractivity contribution in [2.45, 2.75) is 117 Å². The zero-order chi connectivity index (χ0) is 24.1. The Bertz CT molecular complexity index is 776. The molecule has 0 heteroatoms. The molecule has 186 valence electrons. The summed E-state index contributed by atoms with van der Waals surface area (Å²) in [5.74, 6) is 0. The maximum absolute atomic E-state index is 2.30. The largest absolute Gasteiger partial charge is 0.0654 e.